The van der Waals surface area contributed by atoms with Crippen molar-refractivity contribution in [2.75, 3.05) is 0 Å². The van der Waals surface area contributed by atoms with Crippen LogP contribution in [0.1, 0.15) is 33.7 Å². The van der Waals surface area contributed by atoms with E-state index in [1.165, 1.54) is 0 Å². The van der Waals surface area contributed by atoms with Crippen molar-refractivity contribution in [2.24, 2.45) is 5.73 Å². The molecule has 2 N–H and O–H groups in total. The summed E-state index contributed by atoms with van der Waals surface area (Å²) in [6.07, 6.45) is 0. The highest BCUT2D eigenvalue weighted by atomic mass is 16.5. The number of hydrogen-bond donors (Lipinski definition) is 1. The molecule has 4 nitrogen and oxygen atoms in total. The molecule has 0 amide bonds. The highest BCUT2D eigenvalue weighted by molar-refractivity contribution is 5.43. The summed E-state index contributed by atoms with van der Waals surface area (Å²) in [5.74, 6) is 1.73. The Hall–Kier alpha value is -1.81. The van der Waals surface area contributed by atoms with Gasteiger partial charge in [0.05, 0.1) is 11.3 Å². The van der Waals surface area contributed by atoms with Gasteiger partial charge in [-0.1, -0.05) is 17.3 Å². The lowest BCUT2D eigenvalue weighted by molar-refractivity contribution is 0.297. The number of aryl methyl sites for hydroxylation is 4. The molecule has 4 heteroatoms. The summed E-state index contributed by atoms with van der Waals surface area (Å²) in [7, 11) is 0. The molecular formula is C15H20N2O2. The molecule has 0 atom stereocenters. The minimum atomic E-state index is 0.477. The van der Waals surface area contributed by atoms with Gasteiger partial charge in [0.2, 0.25) is 0 Å². The third-order valence-corrected chi connectivity index (χ3v) is 3.30. The maximum absolute atomic E-state index is 5.93. The third-order valence-electron chi connectivity index (χ3n) is 3.30. The highest BCUT2D eigenvalue weighted by Crippen LogP contribution is 2.26. The van der Waals surface area contributed by atoms with Crippen LogP contribution in [0.3, 0.4) is 0 Å². The molecule has 0 bridgehead atoms. The molecule has 0 saturated carbocycles. The molecule has 0 fully saturated rings. The summed E-state index contributed by atoms with van der Waals surface area (Å²) in [5, 5.41) is 3.93. The van der Waals surface area contributed by atoms with Crippen LogP contribution in [0.4, 0.5) is 0 Å². The number of ether oxygens (including phenoxy) is 1. The lowest BCUT2D eigenvalue weighted by Gasteiger charge is -2.13. The Morgan fingerprint density at radius 2 is 1.79 bits per heavy atom. The summed E-state index contributed by atoms with van der Waals surface area (Å²) in [6.45, 7) is 8.92. The predicted molar refractivity (Wildman–Crippen MR) is 74.1 cm³/mol. The molecule has 0 unspecified atom stereocenters. The van der Waals surface area contributed by atoms with Gasteiger partial charge in [0.1, 0.15) is 18.1 Å². The van der Waals surface area contributed by atoms with E-state index in [2.05, 4.69) is 17.3 Å². The summed E-state index contributed by atoms with van der Waals surface area (Å²) >= 11 is 0. The van der Waals surface area contributed by atoms with Crippen molar-refractivity contribution in [3.05, 3.63) is 45.8 Å². The van der Waals surface area contributed by atoms with E-state index in [1.54, 1.807) is 0 Å². The van der Waals surface area contributed by atoms with E-state index in [9.17, 15) is 0 Å². The maximum atomic E-state index is 5.93. The molecule has 1 heterocycles. The zero-order chi connectivity index (χ0) is 14.0. The number of hydrogen-bond acceptors (Lipinski definition) is 4. The largest absolute Gasteiger partial charge is 0.488 e. The molecule has 19 heavy (non-hydrogen) atoms. The molecule has 102 valence electrons. The van der Waals surface area contributed by atoms with Crippen LogP contribution in [-0.2, 0) is 13.2 Å². The molecule has 1 aromatic heterocycles. The van der Waals surface area contributed by atoms with Crippen LogP contribution < -0.4 is 10.5 Å². The second-order valence-corrected chi connectivity index (χ2v) is 4.85. The first-order chi connectivity index (χ1) is 9.02. The van der Waals surface area contributed by atoms with Crippen LogP contribution in [0, 0.1) is 27.7 Å². The minimum Gasteiger partial charge on any atom is -0.488 e. The lowest BCUT2D eigenvalue weighted by Crippen LogP contribution is -2.03. The van der Waals surface area contributed by atoms with Gasteiger partial charge in [0.25, 0.3) is 0 Å². The Morgan fingerprint density at radius 1 is 1.16 bits per heavy atom. The fourth-order valence-electron chi connectivity index (χ4n) is 2.24. The van der Waals surface area contributed by atoms with Crippen molar-refractivity contribution in [3.63, 3.8) is 0 Å². The summed E-state index contributed by atoms with van der Waals surface area (Å²) in [4.78, 5) is 0. The Balaban J connectivity index is 2.20. The van der Waals surface area contributed by atoms with Crippen LogP contribution >= 0.6 is 0 Å². The van der Waals surface area contributed by atoms with Crippen molar-refractivity contribution in [1.82, 2.24) is 5.16 Å². The second kappa shape index (κ2) is 5.45. The van der Waals surface area contributed by atoms with Crippen molar-refractivity contribution < 1.29 is 9.26 Å². The van der Waals surface area contributed by atoms with E-state index in [0.717, 1.165) is 39.5 Å². The Bertz CT molecular complexity index is 545. The predicted octanol–water partition coefficient (Wildman–Crippen LogP) is 2.95. The second-order valence-electron chi connectivity index (χ2n) is 4.85. The first-order valence-electron chi connectivity index (χ1n) is 6.37. The van der Waals surface area contributed by atoms with Gasteiger partial charge in [-0.05, 0) is 44.4 Å². The number of nitrogens with two attached hydrogens (primary N) is 1. The highest BCUT2D eigenvalue weighted by Gasteiger charge is 2.12. The van der Waals surface area contributed by atoms with Crippen LogP contribution in [0.25, 0.3) is 0 Å². The molecule has 0 saturated heterocycles. The summed E-state index contributed by atoms with van der Waals surface area (Å²) in [5.41, 5.74) is 10.9. The number of benzene rings is 1. The van der Waals surface area contributed by atoms with E-state index in [1.807, 2.05) is 27.7 Å². The Labute approximate surface area is 113 Å². The molecule has 1 aromatic carbocycles. The Kier molecular flexibility index (Phi) is 3.90. The molecule has 2 aromatic rings. The molecular weight excluding hydrogens is 240 g/mol. The maximum Gasteiger partial charge on any atom is 0.140 e. The minimum absolute atomic E-state index is 0.477. The number of aromatic nitrogens is 1. The fraction of sp³-hybridized carbons (Fsp3) is 0.400. The topological polar surface area (TPSA) is 61.3 Å². The van der Waals surface area contributed by atoms with Gasteiger partial charge in [-0.15, -0.1) is 0 Å². The molecule has 0 spiro atoms. The number of nitrogens with zero attached hydrogens (tertiary/aromatic N) is 1. The van der Waals surface area contributed by atoms with E-state index < -0.39 is 0 Å². The average Bonchev–Trinajstić information content (AvgIpc) is 2.68. The quantitative estimate of drug-likeness (QED) is 0.918. The van der Waals surface area contributed by atoms with Crippen LogP contribution in [0.15, 0.2) is 16.7 Å². The smallest absolute Gasteiger partial charge is 0.140 e. The molecule has 0 radical (unpaired) electrons. The number of rotatable bonds is 4. The van der Waals surface area contributed by atoms with Crippen molar-refractivity contribution in [2.45, 2.75) is 40.8 Å². The molecule has 0 aliphatic heterocycles. The fourth-order valence-corrected chi connectivity index (χ4v) is 2.24. The van der Waals surface area contributed by atoms with Gasteiger partial charge < -0.3 is 15.0 Å². The zero-order valence-electron chi connectivity index (χ0n) is 11.9. The van der Waals surface area contributed by atoms with E-state index in [-0.39, 0.29) is 0 Å². The normalized spacial score (nSPS) is 10.8. The summed E-state index contributed by atoms with van der Waals surface area (Å²) < 4.78 is 11.1. The Morgan fingerprint density at radius 3 is 2.26 bits per heavy atom. The van der Waals surface area contributed by atoms with Crippen molar-refractivity contribution >= 4 is 0 Å². The van der Waals surface area contributed by atoms with Gasteiger partial charge in [-0.3, -0.25) is 0 Å². The van der Waals surface area contributed by atoms with Gasteiger partial charge >= 0.3 is 0 Å². The summed E-state index contributed by atoms with van der Waals surface area (Å²) in [6, 6.07) is 4.13. The van der Waals surface area contributed by atoms with Gasteiger partial charge in [-0.2, -0.15) is 0 Å². The zero-order valence-corrected chi connectivity index (χ0v) is 11.9. The van der Waals surface area contributed by atoms with Crippen molar-refractivity contribution in [1.29, 1.82) is 0 Å². The first-order valence-corrected chi connectivity index (χ1v) is 6.37. The van der Waals surface area contributed by atoms with Gasteiger partial charge in [-0.25, -0.2) is 0 Å². The molecule has 0 aliphatic carbocycles. The third kappa shape index (κ3) is 2.79. The SMILES string of the molecule is Cc1cc(CN)cc(C)c1OCc1c(C)noc1C. The van der Waals surface area contributed by atoms with Crippen LogP contribution in [-0.4, -0.2) is 5.16 Å². The van der Waals surface area contributed by atoms with E-state index in [0.29, 0.717) is 13.2 Å². The standard InChI is InChI=1S/C15H20N2O2/c1-9-5-13(7-16)6-10(2)15(9)18-8-14-11(3)17-19-12(14)4/h5-6H,7-8,16H2,1-4H3. The van der Waals surface area contributed by atoms with E-state index in [4.69, 9.17) is 15.0 Å². The van der Waals surface area contributed by atoms with Crippen molar-refractivity contribution in [3.8, 4) is 5.75 Å². The van der Waals surface area contributed by atoms with Gasteiger partial charge in [0.15, 0.2) is 0 Å². The monoisotopic (exact) mass is 260 g/mol. The molecule has 2 rings (SSSR count). The first kappa shape index (κ1) is 13.6. The lowest BCUT2D eigenvalue weighted by atomic mass is 10.1. The average molecular weight is 260 g/mol. The molecule has 0 aliphatic rings. The van der Waals surface area contributed by atoms with E-state index >= 15 is 0 Å². The van der Waals surface area contributed by atoms with Crippen LogP contribution in [0.5, 0.6) is 5.75 Å². The van der Waals surface area contributed by atoms with Gasteiger partial charge in [0, 0.05) is 6.54 Å². The van der Waals surface area contributed by atoms with Crippen LogP contribution in [0.2, 0.25) is 0 Å².